The van der Waals surface area contributed by atoms with Gasteiger partial charge in [0.2, 0.25) is 0 Å². The molecule has 0 radical (unpaired) electrons. The summed E-state index contributed by atoms with van der Waals surface area (Å²) in [6, 6.07) is 0. The van der Waals surface area contributed by atoms with Crippen molar-refractivity contribution < 1.29 is 9.47 Å². The summed E-state index contributed by atoms with van der Waals surface area (Å²) in [5, 5.41) is 0. The fourth-order valence-electron chi connectivity index (χ4n) is 0.981. The maximum absolute atomic E-state index is 5.43. The van der Waals surface area contributed by atoms with Crippen LogP contribution in [0.4, 0.5) is 0 Å². The minimum atomic E-state index is 0.0370. The van der Waals surface area contributed by atoms with Crippen molar-refractivity contribution in [1.29, 1.82) is 0 Å². The first-order chi connectivity index (χ1) is 4.79. The molecule has 0 rings (SSSR count). The lowest BCUT2D eigenvalue weighted by molar-refractivity contribution is -0.0321. The highest BCUT2D eigenvalue weighted by atomic mass is 16.5. The number of ether oxygens (including phenoxy) is 2. The summed E-state index contributed by atoms with van der Waals surface area (Å²) in [7, 11) is 3.33. The van der Waals surface area contributed by atoms with E-state index in [2.05, 4.69) is 6.92 Å². The number of hydrogen-bond donors (Lipinski definition) is 1. The summed E-state index contributed by atoms with van der Waals surface area (Å²) in [4.78, 5) is 0. The van der Waals surface area contributed by atoms with Gasteiger partial charge in [-0.05, 0) is 6.42 Å². The first-order valence-electron chi connectivity index (χ1n) is 3.55. The molecule has 0 saturated carbocycles. The van der Waals surface area contributed by atoms with E-state index in [1.165, 1.54) is 0 Å². The van der Waals surface area contributed by atoms with E-state index >= 15 is 0 Å². The van der Waals surface area contributed by atoms with Crippen LogP contribution in [0.15, 0.2) is 0 Å². The Morgan fingerprint density at radius 3 is 1.80 bits per heavy atom. The van der Waals surface area contributed by atoms with Crippen LogP contribution in [0.5, 0.6) is 0 Å². The van der Waals surface area contributed by atoms with Gasteiger partial charge in [-0.2, -0.15) is 0 Å². The summed E-state index contributed by atoms with van der Waals surface area (Å²) in [6.45, 7) is 2.57. The fraction of sp³-hybridized carbons (Fsp3) is 1.00. The molecule has 0 aliphatic carbocycles. The molecule has 0 spiro atoms. The van der Waals surface area contributed by atoms with Crippen molar-refractivity contribution >= 4 is 0 Å². The van der Waals surface area contributed by atoms with E-state index in [-0.39, 0.29) is 12.2 Å². The van der Waals surface area contributed by atoms with E-state index < -0.39 is 0 Å². The van der Waals surface area contributed by atoms with E-state index in [0.29, 0.717) is 6.54 Å². The Morgan fingerprint density at radius 2 is 1.70 bits per heavy atom. The molecule has 3 nitrogen and oxygen atoms in total. The van der Waals surface area contributed by atoms with Crippen molar-refractivity contribution in [2.75, 3.05) is 20.8 Å². The van der Waals surface area contributed by atoms with Gasteiger partial charge in [-0.25, -0.2) is 0 Å². The molecule has 2 unspecified atom stereocenters. The largest absolute Gasteiger partial charge is 0.379 e. The van der Waals surface area contributed by atoms with Gasteiger partial charge in [0.05, 0.1) is 12.2 Å². The number of hydrogen-bond acceptors (Lipinski definition) is 3. The third-order valence-corrected chi connectivity index (χ3v) is 1.65. The Morgan fingerprint density at radius 1 is 1.20 bits per heavy atom. The van der Waals surface area contributed by atoms with Gasteiger partial charge in [0.1, 0.15) is 0 Å². The molecule has 0 saturated heterocycles. The van der Waals surface area contributed by atoms with E-state index in [1.54, 1.807) is 14.2 Å². The lowest BCUT2D eigenvalue weighted by Crippen LogP contribution is -2.35. The van der Waals surface area contributed by atoms with Crippen LogP contribution in [-0.2, 0) is 9.47 Å². The van der Waals surface area contributed by atoms with Gasteiger partial charge < -0.3 is 15.2 Å². The zero-order valence-electron chi connectivity index (χ0n) is 6.96. The highest BCUT2D eigenvalue weighted by Gasteiger charge is 2.16. The van der Waals surface area contributed by atoms with Crippen LogP contribution in [0.2, 0.25) is 0 Å². The third-order valence-electron chi connectivity index (χ3n) is 1.65. The first kappa shape index (κ1) is 9.88. The van der Waals surface area contributed by atoms with Crippen molar-refractivity contribution in [1.82, 2.24) is 0 Å². The zero-order valence-corrected chi connectivity index (χ0v) is 6.96. The van der Waals surface area contributed by atoms with Crippen LogP contribution in [0.25, 0.3) is 0 Å². The average molecular weight is 147 g/mol. The highest BCUT2D eigenvalue weighted by Crippen LogP contribution is 2.04. The van der Waals surface area contributed by atoms with Gasteiger partial charge in [0.25, 0.3) is 0 Å². The summed E-state index contributed by atoms with van der Waals surface area (Å²) in [5.74, 6) is 0. The van der Waals surface area contributed by atoms with Gasteiger partial charge in [-0.15, -0.1) is 0 Å². The lowest BCUT2D eigenvalue weighted by atomic mass is 10.1. The molecule has 3 heteroatoms. The van der Waals surface area contributed by atoms with Crippen LogP contribution >= 0.6 is 0 Å². The van der Waals surface area contributed by atoms with E-state index in [9.17, 15) is 0 Å². The minimum Gasteiger partial charge on any atom is -0.379 e. The van der Waals surface area contributed by atoms with Crippen LogP contribution in [0.1, 0.15) is 13.3 Å². The third kappa shape index (κ3) is 2.64. The molecule has 0 heterocycles. The Bertz CT molecular complexity index is 60.0. The molecule has 0 amide bonds. The summed E-state index contributed by atoms with van der Waals surface area (Å²) in [6.07, 6.45) is 1.11. The van der Waals surface area contributed by atoms with Crippen molar-refractivity contribution in [3.63, 3.8) is 0 Å². The van der Waals surface area contributed by atoms with E-state index in [0.717, 1.165) is 6.42 Å². The lowest BCUT2D eigenvalue weighted by Gasteiger charge is -2.21. The van der Waals surface area contributed by atoms with Crippen molar-refractivity contribution in [3.05, 3.63) is 0 Å². The molecule has 10 heavy (non-hydrogen) atoms. The second-order valence-electron chi connectivity index (χ2n) is 2.19. The smallest absolute Gasteiger partial charge is 0.0954 e. The monoisotopic (exact) mass is 147 g/mol. The van der Waals surface area contributed by atoms with Crippen LogP contribution < -0.4 is 5.73 Å². The summed E-state index contributed by atoms with van der Waals surface area (Å²) >= 11 is 0. The molecule has 0 aliphatic rings. The average Bonchev–Trinajstić information content (AvgIpc) is 2.00. The first-order valence-corrected chi connectivity index (χ1v) is 3.55. The molecule has 2 N–H and O–H groups in total. The second kappa shape index (κ2) is 5.65. The normalized spacial score (nSPS) is 16.8. The van der Waals surface area contributed by atoms with Crippen molar-refractivity contribution in [2.24, 2.45) is 5.73 Å². The van der Waals surface area contributed by atoms with Gasteiger partial charge in [-0.1, -0.05) is 6.92 Å². The highest BCUT2D eigenvalue weighted by molar-refractivity contribution is 4.68. The van der Waals surface area contributed by atoms with Crippen LogP contribution in [0.3, 0.4) is 0 Å². The number of rotatable bonds is 5. The summed E-state index contributed by atoms with van der Waals surface area (Å²) < 4.78 is 10.2. The minimum absolute atomic E-state index is 0.0370. The van der Waals surface area contributed by atoms with Crippen molar-refractivity contribution in [3.8, 4) is 0 Å². The van der Waals surface area contributed by atoms with Gasteiger partial charge in [0.15, 0.2) is 0 Å². The maximum atomic E-state index is 5.43. The van der Waals surface area contributed by atoms with Gasteiger partial charge >= 0.3 is 0 Å². The molecule has 2 atom stereocenters. The molecule has 0 aromatic heterocycles. The molecule has 0 bridgehead atoms. The molecule has 0 aliphatic heterocycles. The fourth-order valence-corrected chi connectivity index (χ4v) is 0.981. The molecule has 0 aromatic rings. The Balaban J connectivity index is 3.70. The number of nitrogens with two attached hydrogens (primary N) is 1. The van der Waals surface area contributed by atoms with Gasteiger partial charge in [-0.3, -0.25) is 0 Å². The quantitative estimate of drug-likeness (QED) is 0.611. The van der Waals surface area contributed by atoms with E-state index in [1.807, 2.05) is 0 Å². The molecule has 0 aromatic carbocycles. The zero-order chi connectivity index (χ0) is 7.98. The Hall–Kier alpha value is -0.120. The second-order valence-corrected chi connectivity index (χ2v) is 2.19. The van der Waals surface area contributed by atoms with Crippen molar-refractivity contribution in [2.45, 2.75) is 25.6 Å². The molecule has 0 fully saturated rings. The van der Waals surface area contributed by atoms with Crippen LogP contribution in [0, 0.1) is 0 Å². The Labute approximate surface area is 62.5 Å². The van der Waals surface area contributed by atoms with Gasteiger partial charge in [0, 0.05) is 20.8 Å². The predicted octanol–water partition coefficient (Wildman–Crippen LogP) is 0.385. The Kier molecular flexibility index (Phi) is 5.58. The topological polar surface area (TPSA) is 44.5 Å². The van der Waals surface area contributed by atoms with E-state index in [4.69, 9.17) is 15.2 Å². The predicted molar refractivity (Wildman–Crippen MR) is 40.9 cm³/mol. The maximum Gasteiger partial charge on any atom is 0.0954 e. The SMILES string of the molecule is CCC(OC)C(CN)OC. The van der Waals surface area contributed by atoms with Crippen LogP contribution in [-0.4, -0.2) is 33.0 Å². The summed E-state index contributed by atoms with van der Waals surface area (Å²) in [5.41, 5.74) is 5.43. The standard InChI is InChI=1S/C7H17NO2/c1-4-6(9-2)7(5-8)10-3/h6-7H,4-5,8H2,1-3H3. The molecular formula is C7H17NO2. The molecule has 62 valence electrons. The molecular weight excluding hydrogens is 130 g/mol. The number of methoxy groups -OCH3 is 2.